The summed E-state index contributed by atoms with van der Waals surface area (Å²) in [5.41, 5.74) is 0. The molecule has 1 saturated heterocycles. The predicted molar refractivity (Wildman–Crippen MR) is 62.4 cm³/mol. The maximum absolute atomic E-state index is 11.8. The van der Waals surface area contributed by atoms with Gasteiger partial charge in [0.05, 0.1) is 18.6 Å². The van der Waals surface area contributed by atoms with Crippen molar-refractivity contribution in [3.05, 3.63) is 0 Å². The number of nitrogens with one attached hydrogen (secondary N) is 1. The van der Waals surface area contributed by atoms with Crippen LogP contribution in [0.15, 0.2) is 0 Å². The Hall–Kier alpha value is -0.940. The minimum Gasteiger partial charge on any atom is -0.380 e. The molecule has 0 aromatic heterocycles. The molecule has 0 radical (unpaired) electrons. The summed E-state index contributed by atoms with van der Waals surface area (Å²) in [5, 5.41) is 3.29. The Balaban J connectivity index is 1.96. The molecule has 17 heavy (non-hydrogen) atoms. The zero-order valence-corrected chi connectivity index (χ0v) is 10.4. The van der Waals surface area contributed by atoms with Crippen LogP contribution >= 0.6 is 0 Å². The van der Waals surface area contributed by atoms with Crippen LogP contribution in [-0.4, -0.2) is 49.1 Å². The summed E-state index contributed by atoms with van der Waals surface area (Å²) in [6, 6.07) is -0.157. The maximum Gasteiger partial charge on any atom is 0.246 e. The largest absolute Gasteiger partial charge is 0.380 e. The van der Waals surface area contributed by atoms with Gasteiger partial charge in [0, 0.05) is 20.2 Å². The van der Waals surface area contributed by atoms with Gasteiger partial charge in [-0.2, -0.15) is 0 Å². The molecule has 0 aromatic carbocycles. The monoisotopic (exact) mass is 240 g/mol. The van der Waals surface area contributed by atoms with E-state index < -0.39 is 0 Å². The molecule has 1 heterocycles. The van der Waals surface area contributed by atoms with Crippen molar-refractivity contribution in [3.63, 3.8) is 0 Å². The van der Waals surface area contributed by atoms with E-state index in [9.17, 15) is 9.59 Å². The molecule has 1 aliphatic heterocycles. The van der Waals surface area contributed by atoms with Crippen molar-refractivity contribution in [2.45, 2.75) is 50.3 Å². The Morgan fingerprint density at radius 3 is 2.59 bits per heavy atom. The van der Waals surface area contributed by atoms with Gasteiger partial charge in [-0.1, -0.05) is 12.8 Å². The van der Waals surface area contributed by atoms with Crippen LogP contribution in [0.5, 0.6) is 0 Å². The number of rotatable bonds is 3. The second-order valence-electron chi connectivity index (χ2n) is 4.88. The van der Waals surface area contributed by atoms with Gasteiger partial charge in [-0.15, -0.1) is 0 Å². The number of ether oxygens (including phenoxy) is 1. The van der Waals surface area contributed by atoms with Crippen molar-refractivity contribution >= 4 is 11.8 Å². The van der Waals surface area contributed by atoms with E-state index in [4.69, 9.17) is 4.74 Å². The lowest BCUT2D eigenvalue weighted by Crippen LogP contribution is -2.50. The SMILES string of the molecule is COC1CCCCC1NC1CC(=O)N(C)C1=O. The van der Waals surface area contributed by atoms with E-state index in [0.717, 1.165) is 19.3 Å². The third-order valence-corrected chi connectivity index (χ3v) is 3.80. The maximum atomic E-state index is 11.8. The topological polar surface area (TPSA) is 58.6 Å². The van der Waals surface area contributed by atoms with Gasteiger partial charge >= 0.3 is 0 Å². The van der Waals surface area contributed by atoms with E-state index in [-0.39, 0.29) is 36.4 Å². The third kappa shape index (κ3) is 2.50. The fourth-order valence-electron chi connectivity index (χ4n) is 2.71. The molecule has 1 saturated carbocycles. The molecule has 0 bridgehead atoms. The molecule has 3 unspecified atom stereocenters. The van der Waals surface area contributed by atoms with Gasteiger partial charge in [-0.25, -0.2) is 0 Å². The second-order valence-corrected chi connectivity index (χ2v) is 4.88. The highest BCUT2D eigenvalue weighted by Crippen LogP contribution is 2.22. The Morgan fingerprint density at radius 1 is 1.29 bits per heavy atom. The minimum atomic E-state index is -0.353. The highest BCUT2D eigenvalue weighted by molar-refractivity contribution is 6.05. The first-order valence-electron chi connectivity index (χ1n) is 6.22. The van der Waals surface area contributed by atoms with Gasteiger partial charge < -0.3 is 10.1 Å². The fraction of sp³-hybridized carbons (Fsp3) is 0.833. The van der Waals surface area contributed by atoms with Crippen LogP contribution in [0.2, 0.25) is 0 Å². The van der Waals surface area contributed by atoms with E-state index in [2.05, 4.69) is 5.32 Å². The summed E-state index contributed by atoms with van der Waals surface area (Å²) < 4.78 is 5.43. The Morgan fingerprint density at radius 2 is 2.00 bits per heavy atom. The van der Waals surface area contributed by atoms with Gasteiger partial charge in [0.1, 0.15) is 0 Å². The van der Waals surface area contributed by atoms with Gasteiger partial charge in [0.2, 0.25) is 11.8 Å². The Bertz CT molecular complexity index is 319. The van der Waals surface area contributed by atoms with Crippen molar-refractivity contribution in [2.24, 2.45) is 0 Å². The average Bonchev–Trinajstić information content (AvgIpc) is 2.58. The number of methoxy groups -OCH3 is 1. The average molecular weight is 240 g/mol. The quantitative estimate of drug-likeness (QED) is 0.720. The standard InChI is InChI=1S/C12H20N2O3/c1-14-11(15)7-9(12(14)16)13-8-5-3-4-6-10(8)17-2/h8-10,13H,3-7H2,1-2H3. The molecule has 1 N–H and O–H groups in total. The number of likely N-dealkylation sites (N-methyl/N-ethyl adjacent to an activating group) is 1. The molecule has 5 nitrogen and oxygen atoms in total. The van der Waals surface area contributed by atoms with E-state index in [0.29, 0.717) is 0 Å². The molecule has 2 fully saturated rings. The number of amides is 2. The van der Waals surface area contributed by atoms with Crippen molar-refractivity contribution < 1.29 is 14.3 Å². The summed E-state index contributed by atoms with van der Waals surface area (Å²) in [6.07, 6.45) is 4.81. The summed E-state index contributed by atoms with van der Waals surface area (Å²) in [7, 11) is 3.25. The van der Waals surface area contributed by atoms with Gasteiger partial charge in [-0.05, 0) is 12.8 Å². The number of nitrogens with zero attached hydrogens (tertiary/aromatic N) is 1. The molecule has 2 aliphatic rings. The van der Waals surface area contributed by atoms with Crippen molar-refractivity contribution in [2.75, 3.05) is 14.2 Å². The molecular weight excluding hydrogens is 220 g/mol. The lowest BCUT2D eigenvalue weighted by molar-refractivity contribution is -0.137. The van der Waals surface area contributed by atoms with Crippen molar-refractivity contribution in [1.29, 1.82) is 0 Å². The summed E-state index contributed by atoms with van der Waals surface area (Å²) in [5.74, 6) is -0.215. The Labute approximate surface area is 101 Å². The molecule has 96 valence electrons. The van der Waals surface area contributed by atoms with E-state index >= 15 is 0 Å². The molecular formula is C12H20N2O3. The molecule has 1 aliphatic carbocycles. The highest BCUT2D eigenvalue weighted by atomic mass is 16.5. The van der Waals surface area contributed by atoms with Crippen LogP contribution < -0.4 is 5.32 Å². The zero-order valence-electron chi connectivity index (χ0n) is 10.4. The van der Waals surface area contributed by atoms with Gasteiger partial charge in [0.15, 0.2) is 0 Å². The first-order chi connectivity index (χ1) is 8.13. The first kappa shape index (κ1) is 12.5. The number of likely N-dealkylation sites (tertiary alicyclic amines) is 1. The van der Waals surface area contributed by atoms with Crippen molar-refractivity contribution in [1.82, 2.24) is 10.2 Å². The smallest absolute Gasteiger partial charge is 0.246 e. The normalized spacial score (nSPS) is 34.5. The number of imide groups is 1. The van der Waals surface area contributed by atoms with Crippen LogP contribution in [0.25, 0.3) is 0 Å². The predicted octanol–water partition coefficient (Wildman–Crippen LogP) is 0.291. The van der Waals surface area contributed by atoms with Crippen LogP contribution in [0.4, 0.5) is 0 Å². The molecule has 2 amide bonds. The zero-order chi connectivity index (χ0) is 12.4. The summed E-state index contributed by atoms with van der Waals surface area (Å²) in [4.78, 5) is 24.4. The number of carbonyl (C=O) groups is 2. The molecule has 5 heteroatoms. The fourth-order valence-corrected chi connectivity index (χ4v) is 2.71. The molecule has 2 rings (SSSR count). The summed E-state index contributed by atoms with van der Waals surface area (Å²) in [6.45, 7) is 0. The third-order valence-electron chi connectivity index (χ3n) is 3.80. The Kier molecular flexibility index (Phi) is 3.79. The molecule has 3 atom stereocenters. The van der Waals surface area contributed by atoms with E-state index in [1.165, 1.54) is 11.3 Å². The van der Waals surface area contributed by atoms with Crippen LogP contribution in [0, 0.1) is 0 Å². The molecule has 0 aromatic rings. The molecule has 0 spiro atoms. The number of carbonyl (C=O) groups excluding carboxylic acids is 2. The van der Waals surface area contributed by atoms with E-state index in [1.54, 1.807) is 14.2 Å². The first-order valence-corrected chi connectivity index (χ1v) is 6.22. The summed E-state index contributed by atoms with van der Waals surface area (Å²) >= 11 is 0. The van der Waals surface area contributed by atoms with E-state index in [1.807, 2.05) is 0 Å². The van der Waals surface area contributed by atoms with Gasteiger partial charge in [0.25, 0.3) is 0 Å². The lowest BCUT2D eigenvalue weighted by atomic mass is 9.91. The number of hydrogen-bond acceptors (Lipinski definition) is 4. The van der Waals surface area contributed by atoms with Crippen LogP contribution in [-0.2, 0) is 14.3 Å². The van der Waals surface area contributed by atoms with Gasteiger partial charge in [-0.3, -0.25) is 14.5 Å². The van der Waals surface area contributed by atoms with Crippen LogP contribution in [0.3, 0.4) is 0 Å². The highest BCUT2D eigenvalue weighted by Gasteiger charge is 2.38. The number of hydrogen-bond donors (Lipinski definition) is 1. The minimum absolute atomic E-state index is 0.0997. The van der Waals surface area contributed by atoms with Crippen LogP contribution in [0.1, 0.15) is 32.1 Å². The lowest BCUT2D eigenvalue weighted by Gasteiger charge is -2.32. The van der Waals surface area contributed by atoms with Crippen molar-refractivity contribution in [3.8, 4) is 0 Å². The second kappa shape index (κ2) is 5.14.